The van der Waals surface area contributed by atoms with Crippen LogP contribution in [0, 0.1) is 0 Å². The van der Waals surface area contributed by atoms with E-state index in [2.05, 4.69) is 32.7 Å². The molecule has 0 saturated heterocycles. The number of hydrogen-bond donors (Lipinski definition) is 1. The van der Waals surface area contributed by atoms with Crippen molar-refractivity contribution < 1.29 is 9.05 Å². The molecule has 21 heavy (non-hydrogen) atoms. The van der Waals surface area contributed by atoms with E-state index >= 15 is 0 Å². The molecule has 1 aliphatic heterocycles. The maximum Gasteiger partial charge on any atom is 0.235 e. The highest BCUT2D eigenvalue weighted by atomic mass is 16.5. The van der Waals surface area contributed by atoms with E-state index in [1.807, 2.05) is 12.1 Å². The van der Waals surface area contributed by atoms with Crippen LogP contribution >= 0.6 is 0 Å². The molecule has 0 aliphatic carbocycles. The molecule has 4 rings (SSSR count). The minimum Gasteiger partial charge on any atom is -0.361 e. The molecule has 1 N–H and O–H groups in total. The van der Waals surface area contributed by atoms with Gasteiger partial charge in [0, 0.05) is 19.2 Å². The van der Waals surface area contributed by atoms with Gasteiger partial charge in [0.1, 0.15) is 5.76 Å². The summed E-state index contributed by atoms with van der Waals surface area (Å²) in [7, 11) is 0. The summed E-state index contributed by atoms with van der Waals surface area (Å²) < 4.78 is 10.5. The van der Waals surface area contributed by atoms with Crippen molar-refractivity contribution in [2.24, 2.45) is 0 Å². The molecule has 2 aromatic heterocycles. The minimum absolute atomic E-state index is 0.103. The van der Waals surface area contributed by atoms with Crippen LogP contribution in [0.2, 0.25) is 0 Å². The highest BCUT2D eigenvalue weighted by Crippen LogP contribution is 2.29. The van der Waals surface area contributed by atoms with E-state index in [1.54, 1.807) is 12.3 Å². The Morgan fingerprint density at radius 2 is 2.14 bits per heavy atom. The van der Waals surface area contributed by atoms with Gasteiger partial charge in [0.25, 0.3) is 0 Å². The molecule has 6 heteroatoms. The zero-order chi connectivity index (χ0) is 14.1. The molecule has 0 saturated carbocycles. The summed E-state index contributed by atoms with van der Waals surface area (Å²) in [5.41, 5.74) is 2.54. The Balaban J connectivity index is 1.62. The lowest BCUT2D eigenvalue weighted by Gasteiger charge is -2.23. The van der Waals surface area contributed by atoms with Gasteiger partial charge in [-0.2, -0.15) is 4.98 Å². The van der Waals surface area contributed by atoms with Gasteiger partial charge in [0.15, 0.2) is 5.82 Å². The molecule has 3 aromatic rings. The zero-order valence-electron chi connectivity index (χ0n) is 11.3. The Bertz CT molecular complexity index is 736. The van der Waals surface area contributed by atoms with Crippen LogP contribution in [0.4, 0.5) is 0 Å². The largest absolute Gasteiger partial charge is 0.361 e. The van der Waals surface area contributed by atoms with E-state index < -0.39 is 0 Å². The Kier molecular flexibility index (Phi) is 3.01. The second-order valence-corrected chi connectivity index (χ2v) is 5.09. The lowest BCUT2D eigenvalue weighted by Crippen LogP contribution is -2.28. The molecule has 6 nitrogen and oxygen atoms in total. The molecule has 106 valence electrons. The molecule has 1 aromatic carbocycles. The average molecular weight is 282 g/mol. The van der Waals surface area contributed by atoms with Crippen molar-refractivity contribution in [3.05, 3.63) is 65.1 Å². The van der Waals surface area contributed by atoms with Gasteiger partial charge in [0.2, 0.25) is 5.89 Å². The average Bonchev–Trinajstić information content (AvgIpc) is 3.19. The second-order valence-electron chi connectivity index (χ2n) is 5.09. The van der Waals surface area contributed by atoms with E-state index in [1.165, 1.54) is 11.1 Å². The number of benzene rings is 1. The third-order valence-electron chi connectivity index (χ3n) is 3.70. The highest BCUT2D eigenvalue weighted by molar-refractivity contribution is 5.35. The Hall–Kier alpha value is -2.47. The predicted octanol–water partition coefficient (Wildman–Crippen LogP) is 1.88. The number of rotatable bonds is 3. The molecule has 0 fully saturated rings. The van der Waals surface area contributed by atoms with Crippen LogP contribution in [0.15, 0.2) is 45.6 Å². The van der Waals surface area contributed by atoms with Crippen LogP contribution in [-0.4, -0.2) is 21.8 Å². The minimum atomic E-state index is 0.103. The van der Waals surface area contributed by atoms with Crippen LogP contribution in [0.5, 0.6) is 0 Å². The van der Waals surface area contributed by atoms with Gasteiger partial charge in [-0.25, -0.2) is 0 Å². The summed E-state index contributed by atoms with van der Waals surface area (Å²) >= 11 is 0. The summed E-state index contributed by atoms with van der Waals surface area (Å²) in [5.74, 6) is 2.09. The standard InChI is InChI=1S/C15H14N4O2/c1-2-4-12-10(3-1)8-16-9-13(12)15-18-14(19-21-15)7-11-5-6-17-20-11/h1-6,13,16H,7-9H2. The number of aromatic nitrogens is 3. The van der Waals surface area contributed by atoms with Gasteiger partial charge in [-0.3, -0.25) is 0 Å². The van der Waals surface area contributed by atoms with Gasteiger partial charge in [-0.05, 0) is 11.1 Å². The maximum absolute atomic E-state index is 5.45. The van der Waals surface area contributed by atoms with Gasteiger partial charge < -0.3 is 14.4 Å². The third-order valence-corrected chi connectivity index (χ3v) is 3.70. The molecule has 1 atom stereocenters. The number of nitrogens with one attached hydrogen (secondary N) is 1. The molecule has 0 amide bonds. The van der Waals surface area contributed by atoms with Crippen LogP contribution < -0.4 is 5.32 Å². The fourth-order valence-corrected chi connectivity index (χ4v) is 2.69. The fraction of sp³-hybridized carbons (Fsp3) is 0.267. The van der Waals surface area contributed by atoms with Crippen molar-refractivity contribution in [3.63, 3.8) is 0 Å². The molecular weight excluding hydrogens is 268 g/mol. The highest BCUT2D eigenvalue weighted by Gasteiger charge is 2.26. The number of nitrogens with zero attached hydrogens (tertiary/aromatic N) is 3. The van der Waals surface area contributed by atoms with E-state index in [-0.39, 0.29) is 5.92 Å². The summed E-state index contributed by atoms with van der Waals surface area (Å²) in [5, 5.41) is 11.1. The van der Waals surface area contributed by atoms with Crippen molar-refractivity contribution >= 4 is 0 Å². The molecule has 1 aliphatic rings. The summed E-state index contributed by atoms with van der Waals surface area (Å²) in [6, 6.07) is 10.1. The van der Waals surface area contributed by atoms with E-state index in [4.69, 9.17) is 9.05 Å². The van der Waals surface area contributed by atoms with E-state index in [9.17, 15) is 0 Å². The first kappa shape index (κ1) is 12.3. The first-order valence-electron chi connectivity index (χ1n) is 6.91. The number of hydrogen-bond acceptors (Lipinski definition) is 6. The van der Waals surface area contributed by atoms with E-state index in [0.717, 1.165) is 18.8 Å². The van der Waals surface area contributed by atoms with Crippen molar-refractivity contribution in [1.29, 1.82) is 0 Å². The molecule has 3 heterocycles. The van der Waals surface area contributed by atoms with Crippen LogP contribution in [0.25, 0.3) is 0 Å². The molecule has 0 radical (unpaired) electrons. The first-order valence-corrected chi connectivity index (χ1v) is 6.91. The fourth-order valence-electron chi connectivity index (χ4n) is 2.69. The quantitative estimate of drug-likeness (QED) is 0.790. The van der Waals surface area contributed by atoms with Gasteiger partial charge in [0.05, 0.1) is 18.5 Å². The lowest BCUT2D eigenvalue weighted by molar-refractivity contribution is 0.349. The van der Waals surface area contributed by atoms with Crippen LogP contribution in [0.3, 0.4) is 0 Å². The molecule has 0 bridgehead atoms. The molecule has 0 spiro atoms. The Morgan fingerprint density at radius 3 is 3.05 bits per heavy atom. The first-order chi connectivity index (χ1) is 10.4. The maximum atomic E-state index is 5.45. The van der Waals surface area contributed by atoms with Gasteiger partial charge >= 0.3 is 0 Å². The van der Waals surface area contributed by atoms with Crippen molar-refractivity contribution in [1.82, 2.24) is 20.6 Å². The summed E-state index contributed by atoms with van der Waals surface area (Å²) in [6.07, 6.45) is 2.10. The monoisotopic (exact) mass is 282 g/mol. The van der Waals surface area contributed by atoms with Crippen molar-refractivity contribution in [3.8, 4) is 0 Å². The van der Waals surface area contributed by atoms with Gasteiger partial charge in [-0.15, -0.1) is 0 Å². The zero-order valence-corrected chi connectivity index (χ0v) is 11.3. The topological polar surface area (TPSA) is 77.0 Å². The smallest absolute Gasteiger partial charge is 0.235 e. The summed E-state index contributed by atoms with van der Waals surface area (Å²) in [4.78, 5) is 4.50. The molecular formula is C15H14N4O2. The SMILES string of the molecule is c1ccc2c(c1)CNCC2c1nc(Cc2ccno2)no1. The normalized spacial score (nSPS) is 17.6. The summed E-state index contributed by atoms with van der Waals surface area (Å²) in [6.45, 7) is 1.69. The Labute approximate surface area is 121 Å². The number of fused-ring (bicyclic) bond motifs is 1. The second kappa shape index (κ2) is 5.14. The van der Waals surface area contributed by atoms with Crippen molar-refractivity contribution in [2.45, 2.75) is 18.9 Å². The van der Waals surface area contributed by atoms with E-state index in [0.29, 0.717) is 18.1 Å². The lowest BCUT2D eigenvalue weighted by atomic mass is 9.91. The third kappa shape index (κ3) is 2.34. The van der Waals surface area contributed by atoms with Gasteiger partial charge in [-0.1, -0.05) is 34.6 Å². The van der Waals surface area contributed by atoms with Crippen molar-refractivity contribution in [2.75, 3.05) is 6.54 Å². The Morgan fingerprint density at radius 1 is 1.19 bits per heavy atom. The van der Waals surface area contributed by atoms with Crippen LogP contribution in [0.1, 0.15) is 34.5 Å². The molecule has 1 unspecified atom stereocenters. The van der Waals surface area contributed by atoms with Crippen LogP contribution in [-0.2, 0) is 13.0 Å². The predicted molar refractivity (Wildman–Crippen MR) is 73.6 cm³/mol.